The molecule has 9 rings (SSSR count). The van der Waals surface area contributed by atoms with Gasteiger partial charge >= 0.3 is 11.4 Å². The largest absolute Gasteiger partial charge is 0.408 e. The van der Waals surface area contributed by atoms with Crippen molar-refractivity contribution < 1.29 is 32.6 Å². The zero-order valence-corrected chi connectivity index (χ0v) is 41.5. The van der Waals surface area contributed by atoms with Crippen LogP contribution in [0.3, 0.4) is 0 Å². The van der Waals surface area contributed by atoms with Gasteiger partial charge in [0.1, 0.15) is 58.5 Å². The van der Waals surface area contributed by atoms with Crippen LogP contribution in [0, 0.1) is 13.8 Å². The highest BCUT2D eigenvalue weighted by Gasteiger charge is 2.80. The number of aryl methyl sites for hydroxylation is 2. The summed E-state index contributed by atoms with van der Waals surface area (Å²) in [5.74, 6) is 0.202. The number of nitrogens with zero attached hydrogens (tertiary/aromatic N) is 4. The number of ether oxygens (including phenoxy) is 4. The number of carbonyl (C=O) groups excluding carboxylic acids is 1. The molecule has 4 saturated heterocycles. The van der Waals surface area contributed by atoms with Crippen LogP contribution in [-0.2, 0) is 27.8 Å². The van der Waals surface area contributed by atoms with Crippen molar-refractivity contribution in [3.63, 3.8) is 0 Å². The maximum absolute atomic E-state index is 13.2. The Bertz CT molecular complexity index is 2310. The number of aromatic nitrogens is 4. The van der Waals surface area contributed by atoms with Crippen molar-refractivity contribution in [1.29, 1.82) is 0 Å². The quantitative estimate of drug-likeness (QED) is 0.133. The number of nitrogens with one attached hydrogen (secondary N) is 1. The van der Waals surface area contributed by atoms with Gasteiger partial charge in [0.05, 0.1) is 0 Å². The van der Waals surface area contributed by atoms with Gasteiger partial charge in [-0.3, -0.25) is 13.9 Å². The fraction of sp³-hybridized carbons (Fsp3) is 0.681. The molecular formula is C47H70N6O9Si2. The number of hydrogen-bond acceptors (Lipinski definition) is 12. The summed E-state index contributed by atoms with van der Waals surface area (Å²) in [7, 11) is -3.82. The number of amides is 1. The van der Waals surface area contributed by atoms with Gasteiger partial charge in [0.15, 0.2) is 29.1 Å². The minimum absolute atomic E-state index is 0.138. The fourth-order valence-electron chi connectivity index (χ4n) is 11.4. The maximum Gasteiger partial charge on any atom is 0.351 e. The first-order chi connectivity index (χ1) is 30.6. The lowest BCUT2D eigenvalue weighted by atomic mass is 9.88. The Morgan fingerprint density at radius 3 is 1.52 bits per heavy atom. The summed E-state index contributed by atoms with van der Waals surface area (Å²) in [5, 5.41) is 2.77. The molecule has 6 heterocycles. The van der Waals surface area contributed by atoms with Crippen LogP contribution in [0.2, 0.25) is 36.3 Å². The van der Waals surface area contributed by atoms with Gasteiger partial charge in [0.25, 0.3) is 5.91 Å². The topological polar surface area (TPSA) is 180 Å². The first kappa shape index (κ1) is 47.0. The Morgan fingerprint density at radius 2 is 1.11 bits per heavy atom. The summed E-state index contributed by atoms with van der Waals surface area (Å²) in [6.07, 6.45) is 6.80. The average Bonchev–Trinajstić information content (AvgIpc) is 4.18. The summed E-state index contributed by atoms with van der Waals surface area (Å²) in [6, 6.07) is 15.2. The molecule has 4 bridgehead atoms. The van der Waals surface area contributed by atoms with Gasteiger partial charge < -0.3 is 38.8 Å². The molecule has 3 N–H and O–H groups in total. The van der Waals surface area contributed by atoms with E-state index >= 15 is 0 Å². The Kier molecular flexibility index (Phi) is 12.7. The number of carbonyl (C=O) groups is 1. The van der Waals surface area contributed by atoms with E-state index in [0.717, 1.165) is 80.4 Å². The Balaban J connectivity index is 0.000000181. The van der Waals surface area contributed by atoms with Crippen molar-refractivity contribution in [2.75, 3.05) is 11.1 Å². The maximum atomic E-state index is 13.2. The molecule has 2 saturated carbocycles. The number of nitrogen functional groups attached to an aromatic ring is 1. The third-order valence-corrected chi connectivity index (χ3v) is 25.4. The van der Waals surface area contributed by atoms with Crippen LogP contribution in [0.5, 0.6) is 0 Å². The van der Waals surface area contributed by atoms with E-state index in [9.17, 15) is 14.4 Å². The summed E-state index contributed by atoms with van der Waals surface area (Å²) in [6.45, 7) is 21.3. The summed E-state index contributed by atoms with van der Waals surface area (Å²) >= 11 is 0. The fourth-order valence-corrected chi connectivity index (χ4v) is 17.2. The van der Waals surface area contributed by atoms with Crippen LogP contribution >= 0.6 is 0 Å². The smallest absolute Gasteiger partial charge is 0.351 e. The molecule has 2 spiro atoms. The molecule has 6 fully saturated rings. The van der Waals surface area contributed by atoms with E-state index in [-0.39, 0.29) is 53.2 Å². The van der Waals surface area contributed by atoms with Gasteiger partial charge in [0.2, 0.25) is 0 Å². The first-order valence-corrected chi connectivity index (χ1v) is 29.0. The molecule has 2 aliphatic carbocycles. The van der Waals surface area contributed by atoms with Crippen molar-refractivity contribution in [3.05, 3.63) is 80.4 Å². The van der Waals surface area contributed by atoms with Gasteiger partial charge in [-0.15, -0.1) is 0 Å². The predicted molar refractivity (Wildman–Crippen MR) is 249 cm³/mol. The van der Waals surface area contributed by atoms with Gasteiger partial charge in [0, 0.05) is 29.1 Å². The monoisotopic (exact) mass is 918 g/mol. The second kappa shape index (κ2) is 17.3. The van der Waals surface area contributed by atoms with Gasteiger partial charge in [-0.25, -0.2) is 9.59 Å². The molecule has 8 atom stereocenters. The van der Waals surface area contributed by atoms with E-state index < -0.39 is 51.7 Å². The molecule has 1 amide bonds. The number of hydrogen-bond donors (Lipinski definition) is 2. The van der Waals surface area contributed by atoms with E-state index in [1.807, 2.05) is 19.9 Å². The number of rotatable bonds is 16. The van der Waals surface area contributed by atoms with Crippen LogP contribution in [-0.4, -0.2) is 88.5 Å². The molecule has 64 heavy (non-hydrogen) atoms. The molecule has 4 aliphatic heterocycles. The van der Waals surface area contributed by atoms with Crippen molar-refractivity contribution >= 4 is 34.2 Å². The normalized spacial score (nSPS) is 30.2. The highest BCUT2D eigenvalue weighted by Crippen LogP contribution is 2.68. The van der Waals surface area contributed by atoms with Crippen LogP contribution in [0.15, 0.2) is 52.3 Å². The van der Waals surface area contributed by atoms with E-state index in [1.54, 1.807) is 41.2 Å². The molecule has 1 aromatic carbocycles. The average molecular weight is 919 g/mol. The minimum atomic E-state index is -1.95. The van der Waals surface area contributed by atoms with Crippen molar-refractivity contribution in [1.82, 2.24) is 19.1 Å². The number of benzene rings is 1. The third kappa shape index (κ3) is 7.31. The number of nitrogens with two attached hydrogens (primary N) is 1. The molecular weight excluding hydrogens is 849 g/mol. The Morgan fingerprint density at radius 1 is 0.688 bits per heavy atom. The molecule has 6 aliphatic rings. The van der Waals surface area contributed by atoms with Crippen molar-refractivity contribution in [3.8, 4) is 0 Å². The van der Waals surface area contributed by atoms with Gasteiger partial charge in [-0.2, -0.15) is 9.97 Å². The molecule has 3 aromatic rings. The summed E-state index contributed by atoms with van der Waals surface area (Å²) < 4.78 is 43.8. The summed E-state index contributed by atoms with van der Waals surface area (Å²) in [4.78, 5) is 46.6. The second-order valence-electron chi connectivity index (χ2n) is 19.0. The van der Waals surface area contributed by atoms with Crippen molar-refractivity contribution in [2.45, 2.75) is 203 Å². The summed E-state index contributed by atoms with van der Waals surface area (Å²) in [5.41, 5.74) is 5.27. The molecule has 2 unspecified atom stereocenters. The van der Waals surface area contributed by atoms with Crippen LogP contribution < -0.4 is 22.4 Å². The van der Waals surface area contributed by atoms with Crippen LogP contribution in [0.1, 0.15) is 128 Å². The zero-order chi connectivity index (χ0) is 46.0. The van der Waals surface area contributed by atoms with Crippen molar-refractivity contribution in [2.24, 2.45) is 0 Å². The Hall–Kier alpha value is -3.56. The second-order valence-corrected chi connectivity index (χ2v) is 28.4. The van der Waals surface area contributed by atoms with Gasteiger partial charge in [-0.1, -0.05) is 73.6 Å². The predicted octanol–water partition coefficient (Wildman–Crippen LogP) is 7.94. The van der Waals surface area contributed by atoms with Crippen LogP contribution in [0.25, 0.3) is 0 Å². The third-order valence-electron chi connectivity index (χ3n) is 16.2. The molecule has 350 valence electrons. The first-order valence-electron chi connectivity index (χ1n) is 24.0. The number of anilines is 2. The molecule has 0 radical (unpaired) electrons. The van der Waals surface area contributed by atoms with E-state index in [2.05, 4.69) is 70.7 Å². The SMILES string of the molecule is CC[C@]12O[C@@H](n3cc(C)c(N)nc3=O)[C@@H](OC13CC3)C2O[Si](CC)(CC)CC.CC[C@]12O[C@@H](n3cc(C)c(NC(=O)c4ccccc4)nc3=O)[C@@H](OC13CC3)C2O[Si](CC)(CC)CC. The number of fused-ring (bicyclic) bond motifs is 6. The standard InChI is InChI=1S/C27H37N3O5Si.C20H33N3O4Si/c1-6-27-21(35-36(7-2,8-3)9-4)20(33-26(27)15-16-26)24(34-27)30-17-18(5)22(29-25(30)32)28-23(31)19-13-11-10-12-14-19;1-6-20-15(27-28(7-2,8-3)9-4)14(25-19(20)10-11-19)17(26-20)23-12-13(5)16(21)22-18(23)24/h10-14,17,20-21,24H,6-9,15-16H2,1-5H3,(H,28,29,31,32);12,14-15,17H,6-11H2,1-5H3,(H2,21,22,24)/t20-,21?,24+,27+;14-,15?,17+,20+/m00/s1. The zero-order valence-electron chi connectivity index (χ0n) is 39.5. The van der Waals surface area contributed by atoms with E-state index in [0.29, 0.717) is 11.1 Å². The Labute approximate surface area is 379 Å². The minimum Gasteiger partial charge on any atom is -0.408 e. The lowest BCUT2D eigenvalue weighted by Gasteiger charge is -2.40. The lowest BCUT2D eigenvalue weighted by Crippen LogP contribution is -2.53. The molecule has 17 heteroatoms. The molecule has 2 aromatic heterocycles. The van der Waals surface area contributed by atoms with E-state index in [1.165, 1.54) is 4.57 Å². The molecule has 15 nitrogen and oxygen atoms in total. The highest BCUT2D eigenvalue weighted by atomic mass is 28.4. The van der Waals surface area contributed by atoms with Crippen LogP contribution in [0.4, 0.5) is 11.6 Å². The van der Waals surface area contributed by atoms with Gasteiger partial charge in [-0.05, 0) is 101 Å². The highest BCUT2D eigenvalue weighted by molar-refractivity contribution is 6.74. The lowest BCUT2D eigenvalue weighted by molar-refractivity contribution is -0.225. The van der Waals surface area contributed by atoms with E-state index in [4.69, 9.17) is 33.5 Å².